The van der Waals surface area contributed by atoms with Crippen LogP contribution >= 0.6 is 11.6 Å². The standard InChI is InChI=1S/C19H21ClFN3O4S/c1-22-12-4-6-13(7-5-12)28-19-16-17(15(20)18(21)23-19)29(25,26)10-8-24(16)11-14-3-2-9-27-14/h4-7,14,22H,2-3,8-11H2,1H3. The van der Waals surface area contributed by atoms with Crippen molar-refractivity contribution in [3.63, 3.8) is 0 Å². The Morgan fingerprint density at radius 2 is 2.14 bits per heavy atom. The average molecular weight is 442 g/mol. The number of fused-ring (bicyclic) bond motifs is 1. The number of pyridine rings is 1. The SMILES string of the molecule is CNc1ccc(Oc2nc(F)c(Cl)c3c2N(CC2CCCO2)CCS3(=O)=O)cc1. The maximum absolute atomic E-state index is 14.4. The van der Waals surface area contributed by atoms with Crippen LogP contribution in [0.2, 0.25) is 5.02 Å². The second-order valence-corrected chi connectivity index (χ2v) is 9.40. The van der Waals surface area contributed by atoms with Crippen molar-refractivity contribution in [2.24, 2.45) is 0 Å². The molecule has 2 aliphatic heterocycles. The van der Waals surface area contributed by atoms with Gasteiger partial charge in [-0.15, -0.1) is 0 Å². The second kappa shape index (κ2) is 7.97. The van der Waals surface area contributed by atoms with E-state index in [-0.39, 0.29) is 34.9 Å². The second-order valence-electron chi connectivity index (χ2n) is 6.98. The molecule has 3 heterocycles. The fourth-order valence-corrected chi connectivity index (χ4v) is 5.60. The summed E-state index contributed by atoms with van der Waals surface area (Å²) in [5.41, 5.74) is 1.06. The van der Waals surface area contributed by atoms with Gasteiger partial charge in [0.05, 0.1) is 11.9 Å². The molecule has 1 saturated heterocycles. The van der Waals surface area contributed by atoms with E-state index in [1.807, 2.05) is 4.90 Å². The topological polar surface area (TPSA) is 80.8 Å². The summed E-state index contributed by atoms with van der Waals surface area (Å²) in [5, 5.41) is 2.49. The summed E-state index contributed by atoms with van der Waals surface area (Å²) < 4.78 is 51.4. The molecule has 29 heavy (non-hydrogen) atoms. The molecule has 1 N–H and O–H groups in total. The first-order valence-corrected chi connectivity index (χ1v) is 11.4. The van der Waals surface area contributed by atoms with Crippen molar-refractivity contribution >= 4 is 32.8 Å². The van der Waals surface area contributed by atoms with Crippen LogP contribution in [0.15, 0.2) is 29.2 Å². The first kappa shape index (κ1) is 20.2. The maximum Gasteiger partial charge on any atom is 0.247 e. The smallest absolute Gasteiger partial charge is 0.247 e. The Hall–Kier alpha value is -2.10. The highest BCUT2D eigenvalue weighted by Gasteiger charge is 2.38. The summed E-state index contributed by atoms with van der Waals surface area (Å²) in [4.78, 5) is 5.39. The number of halogens is 2. The molecule has 0 radical (unpaired) electrons. The number of aromatic nitrogens is 1. The summed E-state index contributed by atoms with van der Waals surface area (Å²) in [6.07, 6.45) is 1.80. The van der Waals surface area contributed by atoms with Gasteiger partial charge in [-0.25, -0.2) is 8.42 Å². The molecule has 10 heteroatoms. The summed E-state index contributed by atoms with van der Waals surface area (Å²) >= 11 is 6.05. The van der Waals surface area contributed by atoms with Crippen molar-refractivity contribution in [1.29, 1.82) is 0 Å². The Kier molecular flexibility index (Phi) is 5.54. The minimum atomic E-state index is -3.77. The fraction of sp³-hybridized carbons (Fsp3) is 0.421. The Labute approximate surface area is 173 Å². The van der Waals surface area contributed by atoms with Crippen LogP contribution in [-0.4, -0.2) is 52.0 Å². The van der Waals surface area contributed by atoms with Crippen molar-refractivity contribution < 1.29 is 22.3 Å². The molecule has 1 unspecified atom stereocenters. The molecule has 0 saturated carbocycles. The number of hydrogen-bond donors (Lipinski definition) is 1. The molecular weight excluding hydrogens is 421 g/mol. The number of hydrogen-bond acceptors (Lipinski definition) is 7. The lowest BCUT2D eigenvalue weighted by molar-refractivity contribution is 0.115. The Balaban J connectivity index is 1.78. The molecular formula is C19H21ClFN3O4S. The third kappa shape index (κ3) is 3.99. The largest absolute Gasteiger partial charge is 0.437 e. The Morgan fingerprint density at radius 3 is 2.79 bits per heavy atom. The predicted molar refractivity (Wildman–Crippen MR) is 109 cm³/mol. The monoisotopic (exact) mass is 441 g/mol. The molecule has 0 bridgehead atoms. The third-order valence-electron chi connectivity index (χ3n) is 5.06. The van der Waals surface area contributed by atoms with Gasteiger partial charge in [-0.1, -0.05) is 11.6 Å². The average Bonchev–Trinajstić information content (AvgIpc) is 3.21. The summed E-state index contributed by atoms with van der Waals surface area (Å²) in [6, 6.07) is 6.95. The highest BCUT2D eigenvalue weighted by Crippen LogP contribution is 2.44. The van der Waals surface area contributed by atoms with Gasteiger partial charge in [0.15, 0.2) is 9.84 Å². The quantitative estimate of drug-likeness (QED) is 0.711. The van der Waals surface area contributed by atoms with Crippen molar-refractivity contribution in [3.8, 4) is 11.6 Å². The van der Waals surface area contributed by atoms with Crippen LogP contribution in [0.25, 0.3) is 0 Å². The highest BCUT2D eigenvalue weighted by molar-refractivity contribution is 7.91. The van der Waals surface area contributed by atoms with Crippen molar-refractivity contribution in [2.45, 2.75) is 23.8 Å². The zero-order chi connectivity index (χ0) is 20.6. The van der Waals surface area contributed by atoms with E-state index in [9.17, 15) is 12.8 Å². The molecule has 1 atom stereocenters. The first-order valence-electron chi connectivity index (χ1n) is 9.33. The number of nitrogens with zero attached hydrogens (tertiary/aromatic N) is 2. The van der Waals surface area contributed by atoms with E-state index in [0.717, 1.165) is 18.5 Å². The molecule has 0 aliphatic carbocycles. The lowest BCUT2D eigenvalue weighted by atomic mass is 10.2. The van der Waals surface area contributed by atoms with E-state index >= 15 is 0 Å². The zero-order valence-electron chi connectivity index (χ0n) is 15.8. The van der Waals surface area contributed by atoms with Gasteiger partial charge in [0.1, 0.15) is 21.4 Å². The molecule has 1 aromatic carbocycles. The van der Waals surface area contributed by atoms with Gasteiger partial charge in [-0.05, 0) is 37.1 Å². The van der Waals surface area contributed by atoms with Crippen LogP contribution < -0.4 is 15.0 Å². The summed E-state index contributed by atoms with van der Waals surface area (Å²) in [7, 11) is -1.98. The number of sulfone groups is 1. The van der Waals surface area contributed by atoms with Crippen molar-refractivity contribution in [3.05, 3.63) is 35.2 Å². The van der Waals surface area contributed by atoms with Crippen LogP contribution in [0.5, 0.6) is 11.6 Å². The van der Waals surface area contributed by atoms with Gasteiger partial charge in [0, 0.05) is 32.4 Å². The van der Waals surface area contributed by atoms with Crippen LogP contribution in [0.4, 0.5) is 15.8 Å². The minimum absolute atomic E-state index is 0.0322. The Bertz CT molecular complexity index is 1010. The molecule has 4 rings (SSSR count). The molecule has 0 spiro atoms. The van der Waals surface area contributed by atoms with Crippen LogP contribution in [0.1, 0.15) is 12.8 Å². The molecule has 156 valence electrons. The molecule has 1 fully saturated rings. The molecule has 1 aromatic heterocycles. The fourth-order valence-electron chi connectivity index (χ4n) is 3.58. The zero-order valence-corrected chi connectivity index (χ0v) is 17.4. The summed E-state index contributed by atoms with van der Waals surface area (Å²) in [6.45, 7) is 1.36. The molecule has 7 nitrogen and oxygen atoms in total. The summed E-state index contributed by atoms with van der Waals surface area (Å²) in [5.74, 6) is -0.956. The van der Waals surface area contributed by atoms with Gasteiger partial charge < -0.3 is 19.7 Å². The van der Waals surface area contributed by atoms with E-state index in [0.29, 0.717) is 18.9 Å². The van der Waals surface area contributed by atoms with E-state index in [2.05, 4.69) is 10.3 Å². The number of benzene rings is 1. The van der Waals surface area contributed by atoms with Crippen LogP contribution in [0.3, 0.4) is 0 Å². The first-order chi connectivity index (χ1) is 13.9. The lowest BCUT2D eigenvalue weighted by Gasteiger charge is -2.33. The Morgan fingerprint density at radius 1 is 1.38 bits per heavy atom. The van der Waals surface area contributed by atoms with Gasteiger partial charge in [-0.2, -0.15) is 9.37 Å². The van der Waals surface area contributed by atoms with E-state index in [1.165, 1.54) is 0 Å². The van der Waals surface area contributed by atoms with Crippen molar-refractivity contribution in [1.82, 2.24) is 4.98 Å². The van der Waals surface area contributed by atoms with Gasteiger partial charge in [0.2, 0.25) is 11.8 Å². The number of anilines is 2. The molecule has 2 aromatic rings. The molecule has 2 aliphatic rings. The van der Waals surface area contributed by atoms with Crippen LogP contribution in [-0.2, 0) is 14.6 Å². The van der Waals surface area contributed by atoms with Crippen LogP contribution in [0, 0.1) is 5.95 Å². The normalized spacial score (nSPS) is 20.4. The van der Waals surface area contributed by atoms with E-state index in [1.54, 1.807) is 31.3 Å². The number of nitrogens with one attached hydrogen (secondary N) is 1. The maximum atomic E-state index is 14.4. The number of rotatable bonds is 5. The van der Waals surface area contributed by atoms with Crippen molar-refractivity contribution in [2.75, 3.05) is 42.7 Å². The third-order valence-corrected chi connectivity index (χ3v) is 7.26. The van der Waals surface area contributed by atoms with Gasteiger partial charge >= 0.3 is 0 Å². The van der Waals surface area contributed by atoms with Gasteiger partial charge in [0.25, 0.3) is 0 Å². The van der Waals surface area contributed by atoms with Gasteiger partial charge in [-0.3, -0.25) is 0 Å². The predicted octanol–water partition coefficient (Wildman–Crippen LogP) is 3.48. The number of ether oxygens (including phenoxy) is 2. The van der Waals surface area contributed by atoms with E-state index in [4.69, 9.17) is 21.1 Å². The lowest BCUT2D eigenvalue weighted by Crippen LogP contribution is -2.40. The molecule has 0 amide bonds. The highest BCUT2D eigenvalue weighted by atomic mass is 35.5. The van der Waals surface area contributed by atoms with E-state index < -0.39 is 20.8 Å². The minimum Gasteiger partial charge on any atom is -0.437 e.